The molecule has 2 aromatic rings. The van der Waals surface area contributed by atoms with Gasteiger partial charge in [0.15, 0.2) is 0 Å². The van der Waals surface area contributed by atoms with E-state index in [1.165, 1.54) is 11.3 Å². The molecule has 7 nitrogen and oxygen atoms in total. The molecule has 132 valence electrons. The van der Waals surface area contributed by atoms with Gasteiger partial charge in [0.2, 0.25) is 4.80 Å². The van der Waals surface area contributed by atoms with Crippen LogP contribution in [0.4, 0.5) is 10.5 Å². The van der Waals surface area contributed by atoms with Crippen molar-refractivity contribution >= 4 is 29.0 Å². The average molecular weight is 360 g/mol. The van der Waals surface area contributed by atoms with Crippen molar-refractivity contribution in [3.8, 4) is 0 Å². The first-order valence-corrected chi connectivity index (χ1v) is 8.61. The summed E-state index contributed by atoms with van der Waals surface area (Å²) in [6.45, 7) is 6.28. The lowest BCUT2D eigenvalue weighted by Gasteiger charge is -2.06. The Balaban J connectivity index is 2.10. The van der Waals surface area contributed by atoms with E-state index in [9.17, 15) is 9.59 Å². The smallest absolute Gasteiger partial charge is 0.339 e. The minimum Gasteiger partial charge on any atom is -0.466 e. The zero-order valence-corrected chi connectivity index (χ0v) is 14.7. The second kappa shape index (κ2) is 9.43. The van der Waals surface area contributed by atoms with E-state index in [1.807, 2.05) is 23.6 Å². The first kappa shape index (κ1) is 18.5. The molecule has 25 heavy (non-hydrogen) atoms. The summed E-state index contributed by atoms with van der Waals surface area (Å²) in [7, 11) is 0. The second-order valence-corrected chi connectivity index (χ2v) is 5.77. The summed E-state index contributed by atoms with van der Waals surface area (Å²) in [6, 6.07) is 8.62. The fraction of sp³-hybridized carbons (Fsp3) is 0.235. The number of thiazole rings is 1. The maximum Gasteiger partial charge on any atom is 0.339 e. The van der Waals surface area contributed by atoms with Crippen molar-refractivity contribution in [2.45, 2.75) is 19.9 Å². The van der Waals surface area contributed by atoms with Crippen LogP contribution in [-0.2, 0) is 22.5 Å². The molecule has 0 aliphatic heterocycles. The Labute approximate surface area is 149 Å². The molecule has 0 aliphatic rings. The van der Waals surface area contributed by atoms with Gasteiger partial charge in [0.05, 0.1) is 13.0 Å². The van der Waals surface area contributed by atoms with Gasteiger partial charge in [-0.2, -0.15) is 0 Å². The van der Waals surface area contributed by atoms with Gasteiger partial charge in [0.25, 0.3) is 0 Å². The zero-order valence-electron chi connectivity index (χ0n) is 13.9. The highest BCUT2D eigenvalue weighted by Crippen LogP contribution is 2.06. The van der Waals surface area contributed by atoms with E-state index < -0.39 is 6.03 Å². The average Bonchev–Trinajstić information content (AvgIpc) is 2.96. The van der Waals surface area contributed by atoms with Crippen molar-refractivity contribution in [2.24, 2.45) is 5.10 Å². The monoisotopic (exact) mass is 360 g/mol. The maximum absolute atomic E-state index is 11.9. The summed E-state index contributed by atoms with van der Waals surface area (Å²) in [4.78, 5) is 24.1. The highest BCUT2D eigenvalue weighted by atomic mass is 32.1. The van der Waals surface area contributed by atoms with E-state index in [4.69, 9.17) is 4.74 Å². The van der Waals surface area contributed by atoms with Crippen LogP contribution in [0.1, 0.15) is 12.6 Å². The fourth-order valence-corrected chi connectivity index (χ4v) is 2.93. The molecular formula is C17H20N4O3S. The number of esters is 1. The number of nitrogens with one attached hydrogen (secondary N) is 2. The largest absolute Gasteiger partial charge is 0.466 e. The highest BCUT2D eigenvalue weighted by Gasteiger charge is 2.10. The minimum absolute atomic E-state index is 0.143. The molecule has 0 bridgehead atoms. The van der Waals surface area contributed by atoms with Gasteiger partial charge >= 0.3 is 12.0 Å². The summed E-state index contributed by atoms with van der Waals surface area (Å²) >= 11 is 1.32. The lowest BCUT2D eigenvalue weighted by molar-refractivity contribution is -0.142. The van der Waals surface area contributed by atoms with E-state index in [0.29, 0.717) is 23.6 Å². The van der Waals surface area contributed by atoms with E-state index in [-0.39, 0.29) is 12.4 Å². The molecule has 0 fully saturated rings. The Morgan fingerprint density at radius 1 is 1.36 bits per heavy atom. The predicted octanol–water partition coefficient (Wildman–Crippen LogP) is 2.48. The number of ether oxygens (including phenoxy) is 1. The van der Waals surface area contributed by atoms with E-state index in [0.717, 1.165) is 5.69 Å². The molecule has 2 rings (SSSR count). The van der Waals surface area contributed by atoms with E-state index >= 15 is 0 Å². The van der Waals surface area contributed by atoms with Gasteiger partial charge in [-0.1, -0.05) is 24.3 Å². The molecule has 1 aromatic carbocycles. The standard InChI is InChI=1S/C17H20N4O3S/c1-3-10-21-14(11-15(22)24-4-2)12-25-17(21)20-19-16(23)18-13-8-6-5-7-9-13/h3,5-9,12H,1,4,10-11H2,2H3,(H2,18,19,23)/b20-17+. The van der Waals surface area contributed by atoms with Crippen LogP contribution in [0.5, 0.6) is 0 Å². The summed E-state index contributed by atoms with van der Waals surface area (Å²) in [5.74, 6) is -0.306. The number of carbonyl (C=O) groups excluding carboxylic acids is 2. The van der Waals surface area contributed by atoms with Gasteiger partial charge in [-0.25, -0.2) is 10.2 Å². The second-order valence-electron chi connectivity index (χ2n) is 4.93. The number of carbonyl (C=O) groups is 2. The molecule has 2 N–H and O–H groups in total. The lowest BCUT2D eigenvalue weighted by atomic mass is 10.3. The molecule has 0 radical (unpaired) electrons. The van der Waals surface area contributed by atoms with Gasteiger partial charge in [0, 0.05) is 23.3 Å². The number of urea groups is 1. The number of hydrogen-bond acceptors (Lipinski definition) is 5. The van der Waals surface area contributed by atoms with Crippen LogP contribution in [0.15, 0.2) is 53.5 Å². The minimum atomic E-state index is -0.448. The van der Waals surface area contributed by atoms with Gasteiger partial charge < -0.3 is 14.6 Å². The Morgan fingerprint density at radius 3 is 2.80 bits per heavy atom. The van der Waals surface area contributed by atoms with Crippen molar-refractivity contribution in [1.82, 2.24) is 9.99 Å². The third-order valence-electron chi connectivity index (χ3n) is 3.11. The van der Waals surface area contributed by atoms with Crippen LogP contribution >= 0.6 is 11.3 Å². The summed E-state index contributed by atoms with van der Waals surface area (Å²) in [6.07, 6.45) is 1.84. The number of amides is 2. The Kier molecular flexibility index (Phi) is 6.97. The topological polar surface area (TPSA) is 84.7 Å². The first-order chi connectivity index (χ1) is 12.1. The Morgan fingerprint density at radius 2 is 2.12 bits per heavy atom. The van der Waals surface area contributed by atoms with E-state index in [2.05, 4.69) is 22.4 Å². The van der Waals surface area contributed by atoms with Crippen LogP contribution in [0.25, 0.3) is 0 Å². The van der Waals surface area contributed by atoms with Gasteiger partial charge in [0.1, 0.15) is 0 Å². The molecule has 0 spiro atoms. The first-order valence-electron chi connectivity index (χ1n) is 7.73. The normalized spacial score (nSPS) is 11.0. The van der Waals surface area contributed by atoms with Gasteiger partial charge in [-0.3, -0.25) is 4.79 Å². The third kappa shape index (κ3) is 5.61. The summed E-state index contributed by atoms with van der Waals surface area (Å²) in [5, 5.41) is 8.61. The van der Waals surface area contributed by atoms with Crippen LogP contribution < -0.4 is 15.5 Å². The number of hydrogen-bond donors (Lipinski definition) is 2. The molecule has 8 heteroatoms. The number of anilines is 1. The predicted molar refractivity (Wildman–Crippen MR) is 97.0 cm³/mol. The van der Waals surface area contributed by atoms with Crippen molar-refractivity contribution in [2.75, 3.05) is 11.9 Å². The van der Waals surface area contributed by atoms with Crippen LogP contribution in [0.2, 0.25) is 0 Å². The van der Waals surface area contributed by atoms with E-state index in [1.54, 1.807) is 29.7 Å². The van der Waals surface area contributed by atoms with Crippen LogP contribution in [-0.4, -0.2) is 23.2 Å². The van der Waals surface area contributed by atoms with Crippen molar-refractivity contribution in [3.63, 3.8) is 0 Å². The molecule has 0 saturated carbocycles. The Hall–Kier alpha value is -2.87. The van der Waals surface area contributed by atoms with Crippen LogP contribution in [0, 0.1) is 0 Å². The lowest BCUT2D eigenvalue weighted by Crippen LogP contribution is -2.28. The Bertz CT molecular complexity index is 796. The number of para-hydroxylation sites is 1. The van der Waals surface area contributed by atoms with Crippen molar-refractivity contribution in [1.29, 1.82) is 0 Å². The zero-order chi connectivity index (χ0) is 18.1. The quantitative estimate of drug-likeness (QED) is 0.452. The molecule has 0 unspecified atom stereocenters. The number of rotatable bonds is 7. The molecule has 2 amide bonds. The summed E-state index contributed by atoms with van der Waals surface area (Å²) in [5.41, 5.74) is 3.88. The molecule has 0 aliphatic carbocycles. The molecule has 1 aromatic heterocycles. The molecule has 0 atom stereocenters. The van der Waals surface area contributed by atoms with Gasteiger partial charge in [-0.05, 0) is 19.1 Å². The summed E-state index contributed by atoms with van der Waals surface area (Å²) < 4.78 is 6.77. The molecular weight excluding hydrogens is 340 g/mol. The molecule has 0 saturated heterocycles. The van der Waals surface area contributed by atoms with Crippen molar-refractivity contribution < 1.29 is 14.3 Å². The van der Waals surface area contributed by atoms with Gasteiger partial charge in [-0.15, -0.1) is 23.0 Å². The maximum atomic E-state index is 11.9. The highest BCUT2D eigenvalue weighted by molar-refractivity contribution is 7.07. The fourth-order valence-electron chi connectivity index (χ4n) is 2.06. The van der Waals surface area contributed by atoms with Crippen LogP contribution in [0.3, 0.4) is 0 Å². The number of aromatic nitrogens is 1. The molecule has 1 heterocycles. The number of nitrogens with zero attached hydrogens (tertiary/aromatic N) is 2. The number of allylic oxidation sites excluding steroid dienone is 1. The van der Waals surface area contributed by atoms with Crippen molar-refractivity contribution in [3.05, 3.63) is 58.9 Å². The third-order valence-corrected chi connectivity index (χ3v) is 4.02. The SMILES string of the molecule is C=CCn1c(CC(=O)OCC)cs/c1=N/NC(=O)Nc1ccccc1. The number of benzene rings is 1.